The molecule has 0 spiro atoms. The van der Waals surface area contributed by atoms with Gasteiger partial charge in [-0.1, -0.05) is 12.1 Å². The van der Waals surface area contributed by atoms with Crippen molar-refractivity contribution in [3.05, 3.63) is 75.0 Å². The number of thiazole rings is 1. The molecular weight excluding hydrogens is 450 g/mol. The number of pyridine rings is 1. The van der Waals surface area contributed by atoms with Crippen LogP contribution in [0.1, 0.15) is 59.5 Å². The van der Waals surface area contributed by atoms with Crippen LogP contribution < -0.4 is 10.2 Å². The van der Waals surface area contributed by atoms with Crippen LogP contribution in [0.25, 0.3) is 0 Å². The van der Waals surface area contributed by atoms with Crippen molar-refractivity contribution in [2.45, 2.75) is 25.4 Å². The van der Waals surface area contributed by atoms with E-state index in [1.54, 1.807) is 0 Å². The normalized spacial score (nSPS) is 17.9. The van der Waals surface area contributed by atoms with E-state index in [1.165, 1.54) is 37.0 Å². The molecule has 0 atom stereocenters. The maximum Gasteiger partial charge on any atom is 0.280 e. The van der Waals surface area contributed by atoms with E-state index in [9.17, 15) is 14.4 Å². The summed E-state index contributed by atoms with van der Waals surface area (Å²) in [5, 5.41) is 2.96. The first-order chi connectivity index (χ1) is 16.6. The van der Waals surface area contributed by atoms with E-state index in [-0.39, 0.29) is 32.7 Å². The standard InChI is InChI=1S/C25H23N5O3S/c31-21-19-14-26-8-7-18(19)22(32)23-20(21)28-25(34-23)24(33)27-13-15-1-3-16(4-2-15)29-9-11-30(12-10-29)17-5-6-17/h1-4,7-8,14,17H,5-6,9-13H2,(H,27,33). The number of aromatic nitrogens is 2. The van der Waals surface area contributed by atoms with Crippen LogP contribution in [0.2, 0.25) is 0 Å². The fraction of sp³-hybridized carbons (Fsp3) is 0.320. The quantitative estimate of drug-likeness (QED) is 0.476. The van der Waals surface area contributed by atoms with Crippen molar-refractivity contribution in [1.29, 1.82) is 0 Å². The lowest BCUT2D eigenvalue weighted by Crippen LogP contribution is -2.47. The molecule has 3 heterocycles. The molecule has 3 aromatic rings. The second-order valence-electron chi connectivity index (χ2n) is 8.88. The molecule has 6 rings (SSSR count). The van der Waals surface area contributed by atoms with Gasteiger partial charge in [-0.05, 0) is 36.6 Å². The second kappa shape index (κ2) is 8.41. The molecule has 0 bridgehead atoms. The Kier molecular flexibility index (Phi) is 5.23. The number of carbonyl (C=O) groups is 3. The molecule has 8 nitrogen and oxygen atoms in total. The Labute approximate surface area is 200 Å². The number of piperazine rings is 1. The zero-order valence-corrected chi connectivity index (χ0v) is 19.3. The molecule has 3 aliphatic rings. The molecule has 1 amide bonds. The average molecular weight is 474 g/mol. The molecule has 1 saturated carbocycles. The van der Waals surface area contributed by atoms with E-state index in [2.05, 4.69) is 37.2 Å². The van der Waals surface area contributed by atoms with Gasteiger partial charge in [0.25, 0.3) is 5.91 Å². The van der Waals surface area contributed by atoms with Crippen LogP contribution in [-0.4, -0.2) is 64.6 Å². The third-order valence-electron chi connectivity index (χ3n) is 6.69. The first-order valence-corrected chi connectivity index (χ1v) is 12.3. The first kappa shape index (κ1) is 21.1. The Morgan fingerprint density at radius 2 is 1.76 bits per heavy atom. The second-order valence-corrected chi connectivity index (χ2v) is 9.88. The minimum absolute atomic E-state index is 0.0341. The molecule has 2 aromatic heterocycles. The summed E-state index contributed by atoms with van der Waals surface area (Å²) in [6.07, 6.45) is 5.54. The number of ketones is 2. The Balaban J connectivity index is 1.09. The molecule has 0 unspecified atom stereocenters. The fourth-order valence-electron chi connectivity index (χ4n) is 4.62. The van der Waals surface area contributed by atoms with Crippen LogP contribution >= 0.6 is 11.3 Å². The van der Waals surface area contributed by atoms with Crippen molar-refractivity contribution < 1.29 is 14.4 Å². The number of nitrogens with zero attached hydrogens (tertiary/aromatic N) is 4. The molecule has 0 radical (unpaired) electrons. The van der Waals surface area contributed by atoms with Gasteiger partial charge in [0.15, 0.2) is 5.01 Å². The summed E-state index contributed by atoms with van der Waals surface area (Å²) in [5.41, 5.74) is 2.74. The Bertz CT molecular complexity index is 1240. The van der Waals surface area contributed by atoms with Gasteiger partial charge in [0.05, 0.1) is 5.56 Å². The topological polar surface area (TPSA) is 95.5 Å². The lowest BCUT2D eigenvalue weighted by molar-refractivity contribution is 0.0949. The lowest BCUT2D eigenvalue weighted by Gasteiger charge is -2.36. The monoisotopic (exact) mass is 473 g/mol. The zero-order chi connectivity index (χ0) is 23.2. The summed E-state index contributed by atoms with van der Waals surface area (Å²) < 4.78 is 0. The number of nitrogens with one attached hydrogen (secondary N) is 1. The predicted molar refractivity (Wildman–Crippen MR) is 128 cm³/mol. The van der Waals surface area contributed by atoms with Gasteiger partial charge in [-0.2, -0.15) is 0 Å². The minimum atomic E-state index is -0.401. The highest BCUT2D eigenvalue weighted by molar-refractivity contribution is 7.16. The summed E-state index contributed by atoms with van der Waals surface area (Å²) in [7, 11) is 0. The molecule has 9 heteroatoms. The molecule has 172 valence electrons. The summed E-state index contributed by atoms with van der Waals surface area (Å²) in [5.74, 6) is -1.07. The summed E-state index contributed by atoms with van der Waals surface area (Å²) in [4.78, 5) is 51.5. The third kappa shape index (κ3) is 3.80. The number of rotatable bonds is 5. The Hall–Kier alpha value is -3.43. The van der Waals surface area contributed by atoms with Gasteiger partial charge in [0, 0.05) is 62.4 Å². The highest BCUT2D eigenvalue weighted by Crippen LogP contribution is 2.31. The van der Waals surface area contributed by atoms with Crippen LogP contribution in [0.5, 0.6) is 0 Å². The fourth-order valence-corrected chi connectivity index (χ4v) is 5.55. The number of carbonyl (C=O) groups excluding carboxylic acids is 3. The molecule has 1 aromatic carbocycles. The first-order valence-electron chi connectivity index (χ1n) is 11.5. The van der Waals surface area contributed by atoms with Crippen LogP contribution in [-0.2, 0) is 6.54 Å². The van der Waals surface area contributed by atoms with Crippen LogP contribution in [0.3, 0.4) is 0 Å². The maximum atomic E-state index is 12.7. The largest absolute Gasteiger partial charge is 0.369 e. The van der Waals surface area contributed by atoms with Gasteiger partial charge < -0.3 is 10.2 Å². The number of fused-ring (bicyclic) bond motifs is 2. The predicted octanol–water partition coefficient (Wildman–Crippen LogP) is 2.53. The van der Waals surface area contributed by atoms with Crippen LogP contribution in [0.4, 0.5) is 5.69 Å². The number of hydrogen-bond acceptors (Lipinski definition) is 8. The van der Waals surface area contributed by atoms with Crippen LogP contribution in [0.15, 0.2) is 42.7 Å². The molecule has 2 aliphatic carbocycles. The van der Waals surface area contributed by atoms with Gasteiger partial charge >= 0.3 is 0 Å². The lowest BCUT2D eigenvalue weighted by atomic mass is 9.93. The highest BCUT2D eigenvalue weighted by atomic mass is 32.1. The Morgan fingerprint density at radius 3 is 2.50 bits per heavy atom. The highest BCUT2D eigenvalue weighted by Gasteiger charge is 2.35. The number of amides is 1. The van der Waals surface area contributed by atoms with Gasteiger partial charge in [-0.25, -0.2) is 4.98 Å². The molecule has 1 saturated heterocycles. The molecule has 34 heavy (non-hydrogen) atoms. The smallest absolute Gasteiger partial charge is 0.280 e. The van der Waals surface area contributed by atoms with E-state index >= 15 is 0 Å². The Morgan fingerprint density at radius 1 is 1.00 bits per heavy atom. The molecule has 2 fully saturated rings. The van der Waals surface area contributed by atoms with Crippen LogP contribution in [0, 0.1) is 0 Å². The van der Waals surface area contributed by atoms with Crippen molar-refractivity contribution in [2.24, 2.45) is 0 Å². The van der Waals surface area contributed by atoms with Crippen molar-refractivity contribution in [3.63, 3.8) is 0 Å². The minimum Gasteiger partial charge on any atom is -0.369 e. The van der Waals surface area contributed by atoms with E-state index in [0.29, 0.717) is 12.1 Å². The van der Waals surface area contributed by atoms with Crippen molar-refractivity contribution in [1.82, 2.24) is 20.2 Å². The van der Waals surface area contributed by atoms with E-state index in [1.807, 2.05) is 12.1 Å². The van der Waals surface area contributed by atoms with E-state index in [0.717, 1.165) is 49.1 Å². The molecule has 1 aliphatic heterocycles. The van der Waals surface area contributed by atoms with Gasteiger partial charge in [-0.3, -0.25) is 24.3 Å². The van der Waals surface area contributed by atoms with Crippen molar-refractivity contribution in [2.75, 3.05) is 31.1 Å². The summed E-state index contributed by atoms with van der Waals surface area (Å²) >= 11 is 0.957. The SMILES string of the molecule is O=C(NCc1ccc(N2CCN(C3CC3)CC2)cc1)c1nc2c(s1)C(=O)c1ccncc1C2=O. The molecule has 1 N–H and O–H groups in total. The van der Waals surface area contributed by atoms with E-state index in [4.69, 9.17) is 0 Å². The third-order valence-corrected chi connectivity index (χ3v) is 7.74. The van der Waals surface area contributed by atoms with Crippen molar-refractivity contribution >= 4 is 34.5 Å². The van der Waals surface area contributed by atoms with Gasteiger partial charge in [0.1, 0.15) is 10.6 Å². The van der Waals surface area contributed by atoms with Crippen molar-refractivity contribution in [3.8, 4) is 0 Å². The van der Waals surface area contributed by atoms with Gasteiger partial charge in [0.2, 0.25) is 11.6 Å². The zero-order valence-electron chi connectivity index (χ0n) is 18.5. The van der Waals surface area contributed by atoms with E-state index < -0.39 is 5.91 Å². The summed E-state index contributed by atoms with van der Waals surface area (Å²) in [6, 6.07) is 10.6. The average Bonchev–Trinajstić information content (AvgIpc) is 3.64. The number of hydrogen-bond donors (Lipinski definition) is 1. The number of anilines is 1. The molecular formula is C25H23N5O3S. The number of benzene rings is 1. The summed E-state index contributed by atoms with van der Waals surface area (Å²) in [6.45, 7) is 4.65. The maximum absolute atomic E-state index is 12.7. The van der Waals surface area contributed by atoms with Gasteiger partial charge in [-0.15, -0.1) is 11.3 Å².